The third kappa shape index (κ3) is 3.51. The first-order valence-electron chi connectivity index (χ1n) is 5.06. The molecule has 0 saturated carbocycles. The van der Waals surface area contributed by atoms with Crippen LogP contribution in [0.4, 0.5) is 4.39 Å². The monoisotopic (exact) mass is 319 g/mol. The topological polar surface area (TPSA) is 86.6 Å². The van der Waals surface area contributed by atoms with Gasteiger partial charge >= 0.3 is 5.97 Å². The van der Waals surface area contributed by atoms with Gasteiger partial charge in [0.05, 0.1) is 10.0 Å². The Labute approximate surface area is 111 Å². The lowest BCUT2D eigenvalue weighted by molar-refractivity contribution is -0.139. The van der Waals surface area contributed by atoms with Crippen LogP contribution < -0.4 is 5.32 Å². The van der Waals surface area contributed by atoms with Gasteiger partial charge < -0.3 is 15.5 Å². The average molecular weight is 320 g/mol. The van der Waals surface area contributed by atoms with Crippen LogP contribution in [0.3, 0.4) is 0 Å². The fourth-order valence-electron chi connectivity index (χ4n) is 1.30. The number of carbonyl (C=O) groups excluding carboxylic acids is 1. The van der Waals surface area contributed by atoms with Gasteiger partial charge in [-0.05, 0) is 28.1 Å². The van der Waals surface area contributed by atoms with Crippen molar-refractivity contribution in [1.29, 1.82) is 0 Å². The molecule has 0 aromatic heterocycles. The van der Waals surface area contributed by atoms with Gasteiger partial charge in [-0.2, -0.15) is 0 Å². The molecule has 1 rings (SSSR count). The highest BCUT2D eigenvalue weighted by Gasteiger charge is 2.21. The molecule has 1 amide bonds. The highest BCUT2D eigenvalue weighted by Crippen LogP contribution is 2.20. The molecule has 0 bridgehead atoms. The van der Waals surface area contributed by atoms with Gasteiger partial charge in [0, 0.05) is 13.0 Å². The maximum Gasteiger partial charge on any atom is 0.326 e. The summed E-state index contributed by atoms with van der Waals surface area (Å²) in [6.45, 7) is -0.373. The zero-order valence-corrected chi connectivity index (χ0v) is 10.8. The summed E-state index contributed by atoms with van der Waals surface area (Å²) in [5.41, 5.74) is -0.000750. The molecule has 0 fully saturated rings. The predicted molar refractivity (Wildman–Crippen MR) is 64.7 cm³/mol. The van der Waals surface area contributed by atoms with Crippen molar-refractivity contribution in [2.24, 2.45) is 0 Å². The summed E-state index contributed by atoms with van der Waals surface area (Å²) >= 11 is 2.91. The Morgan fingerprint density at radius 3 is 2.67 bits per heavy atom. The van der Waals surface area contributed by atoms with Crippen LogP contribution in [0, 0.1) is 5.82 Å². The number of aliphatic carboxylic acids is 1. The van der Waals surface area contributed by atoms with Crippen molar-refractivity contribution in [2.45, 2.75) is 12.5 Å². The Morgan fingerprint density at radius 2 is 2.11 bits per heavy atom. The van der Waals surface area contributed by atoms with Crippen LogP contribution in [0.25, 0.3) is 0 Å². The molecule has 3 N–H and O–H groups in total. The molecule has 0 spiro atoms. The molecule has 0 aliphatic heterocycles. The van der Waals surface area contributed by atoms with Gasteiger partial charge in [-0.1, -0.05) is 6.07 Å². The van der Waals surface area contributed by atoms with Crippen molar-refractivity contribution in [1.82, 2.24) is 5.32 Å². The summed E-state index contributed by atoms with van der Waals surface area (Å²) in [5, 5.41) is 19.7. The predicted octanol–water partition coefficient (Wildman–Crippen LogP) is 1.15. The number of aliphatic hydroxyl groups excluding tert-OH is 1. The summed E-state index contributed by atoms with van der Waals surface area (Å²) in [6, 6.07) is 2.66. The van der Waals surface area contributed by atoms with Crippen LogP contribution in [-0.4, -0.2) is 34.7 Å². The molecule has 98 valence electrons. The van der Waals surface area contributed by atoms with E-state index in [-0.39, 0.29) is 23.1 Å². The zero-order chi connectivity index (χ0) is 13.7. The molecule has 0 saturated heterocycles. The Hall–Kier alpha value is -1.47. The molecule has 7 heteroatoms. The van der Waals surface area contributed by atoms with Crippen molar-refractivity contribution in [3.8, 4) is 0 Å². The van der Waals surface area contributed by atoms with Crippen LogP contribution in [0.2, 0.25) is 0 Å². The fourth-order valence-corrected chi connectivity index (χ4v) is 1.75. The Bertz CT molecular complexity index is 466. The van der Waals surface area contributed by atoms with E-state index in [9.17, 15) is 14.0 Å². The highest BCUT2D eigenvalue weighted by molar-refractivity contribution is 9.10. The maximum atomic E-state index is 13.2. The largest absolute Gasteiger partial charge is 0.480 e. The van der Waals surface area contributed by atoms with Gasteiger partial charge in [0.15, 0.2) is 0 Å². The normalized spacial score (nSPS) is 11.9. The van der Waals surface area contributed by atoms with Crippen LogP contribution >= 0.6 is 15.9 Å². The second kappa shape index (κ2) is 6.46. The molecular formula is C11H11BrFNO4. The van der Waals surface area contributed by atoms with Crippen LogP contribution in [0.1, 0.15) is 16.8 Å². The second-order valence-corrected chi connectivity index (χ2v) is 4.27. The highest BCUT2D eigenvalue weighted by atomic mass is 79.9. The lowest BCUT2D eigenvalue weighted by atomic mass is 10.1. The first kappa shape index (κ1) is 14.6. The van der Waals surface area contributed by atoms with Gasteiger partial charge in [-0.15, -0.1) is 0 Å². The Balaban J connectivity index is 2.87. The van der Waals surface area contributed by atoms with E-state index in [0.29, 0.717) is 0 Å². The van der Waals surface area contributed by atoms with Gasteiger partial charge in [-0.3, -0.25) is 4.79 Å². The van der Waals surface area contributed by atoms with E-state index in [1.807, 2.05) is 0 Å². The molecule has 5 nitrogen and oxygen atoms in total. The van der Waals surface area contributed by atoms with Crippen LogP contribution in [-0.2, 0) is 4.79 Å². The third-order valence-electron chi connectivity index (χ3n) is 2.22. The molecule has 1 aromatic rings. The maximum absolute atomic E-state index is 13.2. The summed E-state index contributed by atoms with van der Waals surface area (Å²) in [7, 11) is 0. The van der Waals surface area contributed by atoms with Gasteiger partial charge in [0.25, 0.3) is 5.91 Å². The van der Waals surface area contributed by atoms with E-state index in [2.05, 4.69) is 21.2 Å². The minimum absolute atomic E-state index is 0.000750. The van der Waals surface area contributed by atoms with Crippen LogP contribution in [0.5, 0.6) is 0 Å². The van der Waals surface area contributed by atoms with Crippen molar-refractivity contribution < 1.29 is 24.2 Å². The number of hydrogen-bond acceptors (Lipinski definition) is 3. The molecule has 0 radical (unpaired) electrons. The molecule has 1 aromatic carbocycles. The van der Waals surface area contributed by atoms with E-state index in [1.54, 1.807) is 0 Å². The average Bonchev–Trinajstić information content (AvgIpc) is 2.31. The quantitative estimate of drug-likeness (QED) is 0.760. The van der Waals surface area contributed by atoms with Gasteiger partial charge in [0.2, 0.25) is 0 Å². The Kier molecular flexibility index (Phi) is 5.24. The zero-order valence-electron chi connectivity index (χ0n) is 9.19. The number of benzene rings is 1. The molecule has 1 atom stereocenters. The van der Waals surface area contributed by atoms with E-state index in [4.69, 9.17) is 10.2 Å². The number of rotatable bonds is 5. The first-order chi connectivity index (χ1) is 8.47. The molecule has 0 unspecified atom stereocenters. The number of aliphatic hydroxyl groups is 1. The van der Waals surface area contributed by atoms with E-state index >= 15 is 0 Å². The van der Waals surface area contributed by atoms with E-state index in [0.717, 1.165) is 0 Å². The smallest absolute Gasteiger partial charge is 0.326 e. The third-order valence-corrected chi connectivity index (χ3v) is 3.02. The minimum Gasteiger partial charge on any atom is -0.480 e. The summed E-state index contributed by atoms with van der Waals surface area (Å²) in [4.78, 5) is 22.6. The SMILES string of the molecule is O=C(N[C@H](CCO)C(=O)O)c1cccc(F)c1Br. The molecule has 0 heterocycles. The molecule has 18 heavy (non-hydrogen) atoms. The lowest BCUT2D eigenvalue weighted by Crippen LogP contribution is -2.41. The van der Waals surface area contributed by atoms with E-state index in [1.165, 1.54) is 18.2 Å². The molecular weight excluding hydrogens is 309 g/mol. The molecule has 0 aliphatic rings. The molecule has 0 aliphatic carbocycles. The summed E-state index contributed by atoms with van der Waals surface area (Å²) in [6.07, 6.45) is -0.117. The standard InChI is InChI=1S/C11H11BrFNO4/c12-9-6(2-1-3-7(9)13)10(16)14-8(4-5-15)11(17)18/h1-3,8,15H,4-5H2,(H,14,16)(H,17,18)/t8-/m1/s1. The van der Waals surface area contributed by atoms with Gasteiger partial charge in [-0.25, -0.2) is 9.18 Å². The minimum atomic E-state index is -1.26. The summed E-state index contributed by atoms with van der Waals surface area (Å²) in [5.74, 6) is -2.59. The lowest BCUT2D eigenvalue weighted by Gasteiger charge is -2.13. The first-order valence-corrected chi connectivity index (χ1v) is 5.85. The number of carbonyl (C=O) groups is 2. The number of halogens is 2. The summed E-state index contributed by atoms with van der Waals surface area (Å²) < 4.78 is 13.2. The van der Waals surface area contributed by atoms with Crippen molar-refractivity contribution in [3.05, 3.63) is 34.1 Å². The van der Waals surface area contributed by atoms with E-state index < -0.39 is 23.7 Å². The number of carboxylic acid groups (broad SMARTS) is 1. The number of carboxylic acids is 1. The number of hydrogen-bond donors (Lipinski definition) is 3. The van der Waals surface area contributed by atoms with Gasteiger partial charge in [0.1, 0.15) is 11.9 Å². The number of amides is 1. The van der Waals surface area contributed by atoms with Crippen LogP contribution in [0.15, 0.2) is 22.7 Å². The van der Waals surface area contributed by atoms with Crippen molar-refractivity contribution >= 4 is 27.8 Å². The fraction of sp³-hybridized carbons (Fsp3) is 0.273. The van der Waals surface area contributed by atoms with Crippen molar-refractivity contribution in [3.63, 3.8) is 0 Å². The van der Waals surface area contributed by atoms with Crippen molar-refractivity contribution in [2.75, 3.05) is 6.61 Å². The Morgan fingerprint density at radius 1 is 1.44 bits per heavy atom. The second-order valence-electron chi connectivity index (χ2n) is 3.48. The number of nitrogens with one attached hydrogen (secondary N) is 1.